The fraction of sp³-hybridized carbons (Fsp3) is 0.0952. The monoisotopic (exact) mass is 414 g/mol. The lowest BCUT2D eigenvalue weighted by molar-refractivity contribution is -0.130. The van der Waals surface area contributed by atoms with E-state index in [0.29, 0.717) is 5.69 Å². The summed E-state index contributed by atoms with van der Waals surface area (Å²) in [5.74, 6) is -3.07. The Balaban J connectivity index is 1.81. The molecule has 0 saturated heterocycles. The smallest absolute Gasteiger partial charge is 0.339 e. The highest BCUT2D eigenvalue weighted by Crippen LogP contribution is 2.30. The largest absolute Gasteiger partial charge is 0.503 e. The number of rotatable bonds is 8. The molecule has 0 fully saturated rings. The van der Waals surface area contributed by atoms with Crippen LogP contribution in [-0.2, 0) is 16.1 Å². The summed E-state index contributed by atoms with van der Waals surface area (Å²) in [5, 5.41) is 9.41. The first-order valence-electron chi connectivity index (χ1n) is 8.61. The molecule has 9 heteroatoms. The molecule has 0 aliphatic heterocycles. The summed E-state index contributed by atoms with van der Waals surface area (Å²) >= 11 is 0. The minimum absolute atomic E-state index is 0.0900. The fourth-order valence-electron chi connectivity index (χ4n) is 2.52. The van der Waals surface area contributed by atoms with Crippen LogP contribution in [0.15, 0.2) is 61.1 Å². The number of ether oxygens (including phenoxy) is 3. The summed E-state index contributed by atoms with van der Waals surface area (Å²) in [5.41, 5.74) is 0.462. The van der Waals surface area contributed by atoms with Crippen molar-refractivity contribution in [1.82, 2.24) is 9.97 Å². The van der Waals surface area contributed by atoms with Crippen LogP contribution in [0.2, 0.25) is 0 Å². The quantitative estimate of drug-likeness (QED) is 0.436. The minimum Gasteiger partial charge on any atom is -0.503 e. The number of halogens is 2. The van der Waals surface area contributed by atoms with Crippen molar-refractivity contribution in [3.05, 3.63) is 84.0 Å². The third kappa shape index (κ3) is 4.88. The Hall–Kier alpha value is -4.01. The number of nitrogens with zero attached hydrogens (tertiary/aromatic N) is 2. The highest BCUT2D eigenvalue weighted by Gasteiger charge is 2.17. The average molecular weight is 414 g/mol. The van der Waals surface area contributed by atoms with Crippen LogP contribution in [0.5, 0.6) is 17.4 Å². The summed E-state index contributed by atoms with van der Waals surface area (Å²) in [7, 11) is 1.33. The zero-order chi connectivity index (χ0) is 21.5. The minimum atomic E-state index is -1.20. The summed E-state index contributed by atoms with van der Waals surface area (Å²) in [6.07, 6.45) is 2.28. The first-order valence-corrected chi connectivity index (χ1v) is 8.61. The van der Waals surface area contributed by atoms with Crippen molar-refractivity contribution in [1.29, 1.82) is 0 Å². The first-order chi connectivity index (χ1) is 14.5. The molecule has 0 spiro atoms. The Morgan fingerprint density at radius 3 is 2.53 bits per heavy atom. The van der Waals surface area contributed by atoms with Gasteiger partial charge in [-0.25, -0.2) is 23.5 Å². The molecule has 1 aromatic heterocycles. The van der Waals surface area contributed by atoms with Crippen LogP contribution in [-0.4, -0.2) is 28.2 Å². The Labute approximate surface area is 170 Å². The van der Waals surface area contributed by atoms with Gasteiger partial charge in [0.05, 0.1) is 19.1 Å². The van der Waals surface area contributed by atoms with E-state index in [2.05, 4.69) is 9.97 Å². The molecule has 154 valence electrons. The van der Waals surface area contributed by atoms with Crippen LogP contribution in [0.1, 0.15) is 11.3 Å². The second-order valence-corrected chi connectivity index (χ2v) is 5.86. The highest BCUT2D eigenvalue weighted by atomic mass is 19.1. The van der Waals surface area contributed by atoms with Gasteiger partial charge in [0.2, 0.25) is 5.88 Å². The lowest BCUT2D eigenvalue weighted by atomic mass is 10.1. The van der Waals surface area contributed by atoms with E-state index in [-0.39, 0.29) is 29.4 Å². The van der Waals surface area contributed by atoms with Crippen LogP contribution in [0.25, 0.3) is 5.57 Å². The average Bonchev–Trinajstić information content (AvgIpc) is 2.72. The van der Waals surface area contributed by atoms with E-state index in [0.717, 1.165) is 18.4 Å². The van der Waals surface area contributed by atoms with Crippen LogP contribution in [0.3, 0.4) is 0 Å². The van der Waals surface area contributed by atoms with Crippen molar-refractivity contribution in [2.24, 2.45) is 0 Å². The molecule has 7 nitrogen and oxygen atoms in total. The first kappa shape index (κ1) is 20.7. The molecule has 0 aliphatic rings. The molecule has 30 heavy (non-hydrogen) atoms. The number of carboxylic acids is 1. The van der Waals surface area contributed by atoms with Crippen molar-refractivity contribution in [3.8, 4) is 17.4 Å². The normalized spacial score (nSPS) is 11.1. The van der Waals surface area contributed by atoms with Gasteiger partial charge in [0.1, 0.15) is 24.3 Å². The maximum absolute atomic E-state index is 13.7. The summed E-state index contributed by atoms with van der Waals surface area (Å²) in [6, 6.07) is 11.2. The van der Waals surface area contributed by atoms with E-state index in [1.807, 2.05) is 0 Å². The van der Waals surface area contributed by atoms with E-state index >= 15 is 0 Å². The number of para-hydroxylation sites is 2. The maximum atomic E-state index is 13.7. The van der Waals surface area contributed by atoms with Crippen molar-refractivity contribution in [3.63, 3.8) is 0 Å². The molecular weight excluding hydrogens is 398 g/mol. The van der Waals surface area contributed by atoms with E-state index in [4.69, 9.17) is 14.2 Å². The molecule has 2 aromatic carbocycles. The lowest BCUT2D eigenvalue weighted by Crippen LogP contribution is -2.04. The van der Waals surface area contributed by atoms with Crippen molar-refractivity contribution in [2.45, 2.75) is 6.61 Å². The van der Waals surface area contributed by atoms with Crippen LogP contribution in [0, 0.1) is 11.6 Å². The van der Waals surface area contributed by atoms with Crippen molar-refractivity contribution in [2.75, 3.05) is 7.11 Å². The Morgan fingerprint density at radius 1 is 1.10 bits per heavy atom. The molecular formula is C21H16F2N2O5. The molecule has 3 aromatic rings. The molecule has 0 saturated carbocycles. The number of aliphatic carboxylic acids is 1. The zero-order valence-corrected chi connectivity index (χ0v) is 15.7. The Morgan fingerprint density at radius 2 is 1.83 bits per heavy atom. The third-order valence-electron chi connectivity index (χ3n) is 3.84. The molecule has 1 N–H and O–H groups in total. The number of carboxylic acid groups (broad SMARTS) is 1. The van der Waals surface area contributed by atoms with E-state index in [1.165, 1.54) is 25.6 Å². The summed E-state index contributed by atoms with van der Waals surface area (Å²) < 4.78 is 43.1. The molecule has 0 unspecified atom stereocenters. The van der Waals surface area contributed by atoms with Gasteiger partial charge >= 0.3 is 5.97 Å². The SMILES string of the molecule is CO/C=C(/C(=O)O)c1ccccc1Oc1cc(COc2c(F)cccc2F)ncn1. The number of methoxy groups -OCH3 is 1. The van der Waals surface area contributed by atoms with E-state index in [9.17, 15) is 18.7 Å². The zero-order valence-electron chi connectivity index (χ0n) is 15.7. The van der Waals surface area contributed by atoms with Gasteiger partial charge in [0.15, 0.2) is 17.4 Å². The van der Waals surface area contributed by atoms with Crippen LogP contribution < -0.4 is 9.47 Å². The number of aromatic nitrogens is 2. The predicted molar refractivity (Wildman–Crippen MR) is 102 cm³/mol. The summed E-state index contributed by atoms with van der Waals surface area (Å²) in [6.45, 7) is -0.234. The van der Waals surface area contributed by atoms with Gasteiger partial charge in [-0.1, -0.05) is 24.3 Å². The molecule has 0 amide bonds. The molecule has 3 rings (SSSR count). The fourth-order valence-corrected chi connectivity index (χ4v) is 2.52. The van der Waals surface area contributed by atoms with Gasteiger partial charge in [-0.2, -0.15) is 0 Å². The van der Waals surface area contributed by atoms with Gasteiger partial charge in [0.25, 0.3) is 0 Å². The number of carbonyl (C=O) groups is 1. The van der Waals surface area contributed by atoms with Gasteiger partial charge in [-0.3, -0.25) is 0 Å². The molecule has 0 aliphatic carbocycles. The third-order valence-corrected chi connectivity index (χ3v) is 3.84. The number of hydrogen-bond acceptors (Lipinski definition) is 6. The van der Waals surface area contributed by atoms with Crippen LogP contribution >= 0.6 is 0 Å². The van der Waals surface area contributed by atoms with Crippen molar-refractivity contribution >= 4 is 11.5 Å². The topological polar surface area (TPSA) is 90.8 Å². The van der Waals surface area contributed by atoms with Gasteiger partial charge in [-0.15, -0.1) is 0 Å². The number of hydrogen-bond donors (Lipinski definition) is 1. The second-order valence-electron chi connectivity index (χ2n) is 5.86. The Kier molecular flexibility index (Phi) is 6.53. The van der Waals surface area contributed by atoms with Gasteiger partial charge in [0, 0.05) is 11.6 Å². The van der Waals surface area contributed by atoms with Crippen molar-refractivity contribution < 1.29 is 32.9 Å². The van der Waals surface area contributed by atoms with Gasteiger partial charge in [-0.05, 0) is 18.2 Å². The lowest BCUT2D eigenvalue weighted by Gasteiger charge is -2.12. The molecule has 0 bridgehead atoms. The molecule has 0 radical (unpaired) electrons. The molecule has 1 heterocycles. The maximum Gasteiger partial charge on any atom is 0.339 e. The number of benzene rings is 2. The van der Waals surface area contributed by atoms with Crippen LogP contribution in [0.4, 0.5) is 8.78 Å². The van der Waals surface area contributed by atoms with Gasteiger partial charge < -0.3 is 19.3 Å². The standard InChI is InChI=1S/C21H16F2N2O5/c1-28-11-15(21(26)27)14-5-2-3-8-18(14)30-19-9-13(24-12-25-19)10-29-20-16(22)6-4-7-17(20)23/h2-9,11-12H,10H2,1H3,(H,26,27)/b15-11+. The summed E-state index contributed by atoms with van der Waals surface area (Å²) in [4.78, 5) is 19.5. The Bertz CT molecular complexity index is 1070. The predicted octanol–water partition coefficient (Wildman–Crippen LogP) is 4.20. The van der Waals surface area contributed by atoms with E-state index < -0.39 is 23.4 Å². The second kappa shape index (κ2) is 9.46. The molecule has 0 atom stereocenters. The highest BCUT2D eigenvalue weighted by molar-refractivity contribution is 6.15. The van der Waals surface area contributed by atoms with E-state index in [1.54, 1.807) is 24.3 Å².